The number of benzene rings is 2. The number of aromatic amines is 1. The van der Waals surface area contributed by atoms with Gasteiger partial charge in [-0.1, -0.05) is 29.8 Å². The molecule has 0 radical (unpaired) electrons. The summed E-state index contributed by atoms with van der Waals surface area (Å²) in [6.45, 7) is 1.90. The minimum Gasteiger partial charge on any atom is -0.456 e. The fraction of sp³-hybridized carbons (Fsp3) is 0.111. The Bertz CT molecular complexity index is 866. The van der Waals surface area contributed by atoms with Gasteiger partial charge in [-0.15, -0.1) is 0 Å². The van der Waals surface area contributed by atoms with Gasteiger partial charge in [0.05, 0.1) is 23.2 Å². The minimum atomic E-state index is 0.283. The lowest BCUT2D eigenvalue weighted by molar-refractivity contribution is 0.483. The number of halogens is 1. The summed E-state index contributed by atoms with van der Waals surface area (Å²) in [4.78, 5) is 7.63. The molecule has 1 heterocycles. The Hall–Kier alpha value is -2.77. The fourth-order valence-corrected chi connectivity index (χ4v) is 2.45. The molecule has 23 heavy (non-hydrogen) atoms. The number of aryl methyl sites for hydroxylation is 1. The van der Waals surface area contributed by atoms with Crippen LogP contribution >= 0.6 is 11.6 Å². The molecule has 0 saturated heterocycles. The smallest absolute Gasteiger partial charge is 0.146 e. The highest BCUT2D eigenvalue weighted by Gasteiger charge is 2.11. The highest BCUT2D eigenvalue weighted by Crippen LogP contribution is 2.32. The summed E-state index contributed by atoms with van der Waals surface area (Å²) in [6, 6.07) is 17.1. The van der Waals surface area contributed by atoms with Gasteiger partial charge < -0.3 is 9.72 Å². The molecule has 0 unspecified atom stereocenters. The normalized spacial score (nSPS) is 10.3. The van der Waals surface area contributed by atoms with Gasteiger partial charge in [-0.3, -0.25) is 0 Å². The summed E-state index contributed by atoms with van der Waals surface area (Å²) in [6.07, 6.45) is 0.283. The molecule has 1 N–H and O–H groups in total. The van der Waals surface area contributed by atoms with Crippen molar-refractivity contribution < 1.29 is 4.74 Å². The summed E-state index contributed by atoms with van der Waals surface area (Å²) < 4.78 is 5.76. The number of ether oxygens (including phenoxy) is 1. The van der Waals surface area contributed by atoms with Gasteiger partial charge in [0.2, 0.25) is 0 Å². The lowest BCUT2D eigenvalue weighted by Crippen LogP contribution is -1.87. The largest absolute Gasteiger partial charge is 0.456 e. The van der Waals surface area contributed by atoms with Crippen LogP contribution in [0.5, 0.6) is 11.5 Å². The van der Waals surface area contributed by atoms with Crippen LogP contribution in [-0.2, 0) is 6.42 Å². The van der Waals surface area contributed by atoms with E-state index in [1.165, 1.54) is 0 Å². The van der Waals surface area contributed by atoms with E-state index in [1.807, 2.05) is 49.4 Å². The summed E-state index contributed by atoms with van der Waals surface area (Å²) in [5, 5.41) is 9.31. The molecule has 2 aromatic carbocycles. The molecule has 3 rings (SSSR count). The molecule has 0 aliphatic carbocycles. The van der Waals surface area contributed by atoms with E-state index < -0.39 is 0 Å². The first-order chi connectivity index (χ1) is 11.2. The maximum Gasteiger partial charge on any atom is 0.146 e. The SMILES string of the molecule is Cc1[nH]c(-c2ccc(Oc3ccccc3)c(Cl)c2)nc1CC#N. The predicted octanol–water partition coefficient (Wildman–Crippen LogP) is 4.90. The minimum absolute atomic E-state index is 0.283. The van der Waals surface area contributed by atoms with Crippen molar-refractivity contribution in [2.75, 3.05) is 0 Å². The van der Waals surface area contributed by atoms with Crippen LogP contribution in [0.3, 0.4) is 0 Å². The quantitative estimate of drug-likeness (QED) is 0.743. The molecular weight excluding hydrogens is 310 g/mol. The number of hydrogen-bond acceptors (Lipinski definition) is 3. The van der Waals surface area contributed by atoms with Gasteiger partial charge in [0, 0.05) is 11.3 Å². The molecule has 0 atom stereocenters. The molecule has 5 heteroatoms. The Morgan fingerprint density at radius 3 is 2.70 bits per heavy atom. The van der Waals surface area contributed by atoms with Gasteiger partial charge in [-0.25, -0.2) is 4.98 Å². The van der Waals surface area contributed by atoms with E-state index in [4.69, 9.17) is 21.6 Å². The van der Waals surface area contributed by atoms with Crippen molar-refractivity contribution in [3.8, 4) is 29.0 Å². The van der Waals surface area contributed by atoms with Gasteiger partial charge >= 0.3 is 0 Å². The van der Waals surface area contributed by atoms with Gasteiger partial charge in [0.25, 0.3) is 0 Å². The first-order valence-electron chi connectivity index (χ1n) is 7.12. The molecule has 0 aliphatic rings. The number of nitrogens with zero attached hydrogens (tertiary/aromatic N) is 2. The van der Waals surface area contributed by atoms with Crippen molar-refractivity contribution >= 4 is 11.6 Å². The van der Waals surface area contributed by atoms with Crippen molar-refractivity contribution in [3.05, 3.63) is 64.9 Å². The monoisotopic (exact) mass is 323 g/mol. The molecular formula is C18H14ClN3O. The van der Waals surface area contributed by atoms with E-state index in [2.05, 4.69) is 16.0 Å². The van der Waals surface area contributed by atoms with Crippen LogP contribution in [-0.4, -0.2) is 9.97 Å². The Balaban J connectivity index is 1.87. The Labute approximate surface area is 139 Å². The number of hydrogen-bond donors (Lipinski definition) is 1. The predicted molar refractivity (Wildman–Crippen MR) is 89.6 cm³/mol. The topological polar surface area (TPSA) is 61.7 Å². The molecule has 3 aromatic rings. The van der Waals surface area contributed by atoms with Crippen molar-refractivity contribution in [1.82, 2.24) is 9.97 Å². The molecule has 1 aromatic heterocycles. The number of aromatic nitrogens is 2. The van der Waals surface area contributed by atoms with Crippen LogP contribution in [0.1, 0.15) is 11.4 Å². The van der Waals surface area contributed by atoms with E-state index >= 15 is 0 Å². The van der Waals surface area contributed by atoms with Crippen molar-refractivity contribution in [1.29, 1.82) is 5.26 Å². The van der Waals surface area contributed by atoms with Crippen LogP contribution in [0.15, 0.2) is 48.5 Å². The standard InChI is InChI=1S/C18H14ClN3O/c1-12-16(9-10-20)22-18(21-12)13-7-8-17(15(19)11-13)23-14-5-3-2-4-6-14/h2-8,11H,9H2,1H3,(H,21,22). The van der Waals surface area contributed by atoms with Crippen molar-refractivity contribution in [2.45, 2.75) is 13.3 Å². The third kappa shape index (κ3) is 3.36. The highest BCUT2D eigenvalue weighted by atomic mass is 35.5. The van der Waals surface area contributed by atoms with Crippen molar-refractivity contribution in [2.24, 2.45) is 0 Å². The zero-order valence-electron chi connectivity index (χ0n) is 12.5. The number of H-pyrrole nitrogens is 1. The van der Waals surface area contributed by atoms with E-state index in [-0.39, 0.29) is 6.42 Å². The zero-order chi connectivity index (χ0) is 16.2. The summed E-state index contributed by atoms with van der Waals surface area (Å²) in [5.41, 5.74) is 2.49. The Kier molecular flexibility index (Phi) is 4.31. The summed E-state index contributed by atoms with van der Waals surface area (Å²) in [7, 11) is 0. The molecule has 0 fully saturated rings. The molecule has 4 nitrogen and oxygen atoms in total. The van der Waals surface area contributed by atoms with E-state index in [9.17, 15) is 0 Å². The van der Waals surface area contributed by atoms with Crippen LogP contribution in [0, 0.1) is 18.3 Å². The highest BCUT2D eigenvalue weighted by molar-refractivity contribution is 6.32. The fourth-order valence-electron chi connectivity index (χ4n) is 2.23. The second-order valence-electron chi connectivity index (χ2n) is 5.05. The third-order valence-corrected chi connectivity index (χ3v) is 3.70. The third-order valence-electron chi connectivity index (χ3n) is 3.41. The number of para-hydroxylation sites is 1. The van der Waals surface area contributed by atoms with E-state index in [0.29, 0.717) is 16.6 Å². The van der Waals surface area contributed by atoms with Gasteiger partial charge in [0.15, 0.2) is 0 Å². The molecule has 114 valence electrons. The van der Waals surface area contributed by atoms with Crippen LogP contribution in [0.2, 0.25) is 5.02 Å². The number of imidazole rings is 1. The van der Waals surface area contributed by atoms with Gasteiger partial charge in [-0.05, 0) is 37.3 Å². The first-order valence-corrected chi connectivity index (χ1v) is 7.50. The first kappa shape index (κ1) is 15.1. The molecule has 0 amide bonds. The van der Waals surface area contributed by atoms with Crippen LogP contribution < -0.4 is 4.74 Å². The zero-order valence-corrected chi connectivity index (χ0v) is 13.3. The lowest BCUT2D eigenvalue weighted by Gasteiger charge is -2.08. The second-order valence-corrected chi connectivity index (χ2v) is 5.46. The lowest BCUT2D eigenvalue weighted by atomic mass is 10.2. The maximum absolute atomic E-state index is 8.80. The summed E-state index contributed by atoms with van der Waals surface area (Å²) in [5.74, 6) is 2.01. The Morgan fingerprint density at radius 2 is 2.00 bits per heavy atom. The van der Waals surface area contributed by atoms with Crippen molar-refractivity contribution in [3.63, 3.8) is 0 Å². The molecule has 0 saturated carbocycles. The maximum atomic E-state index is 8.80. The van der Waals surface area contributed by atoms with Crippen LogP contribution in [0.4, 0.5) is 0 Å². The van der Waals surface area contributed by atoms with Crippen LogP contribution in [0.25, 0.3) is 11.4 Å². The number of nitrogens with one attached hydrogen (secondary N) is 1. The van der Waals surface area contributed by atoms with E-state index in [0.717, 1.165) is 22.7 Å². The number of rotatable bonds is 4. The average Bonchev–Trinajstić information content (AvgIpc) is 2.92. The Morgan fingerprint density at radius 1 is 1.22 bits per heavy atom. The second kappa shape index (κ2) is 6.55. The van der Waals surface area contributed by atoms with E-state index in [1.54, 1.807) is 6.07 Å². The van der Waals surface area contributed by atoms with Gasteiger partial charge in [0.1, 0.15) is 17.3 Å². The average molecular weight is 324 g/mol. The molecule has 0 bridgehead atoms. The number of nitriles is 1. The summed E-state index contributed by atoms with van der Waals surface area (Å²) >= 11 is 6.32. The molecule has 0 spiro atoms. The van der Waals surface area contributed by atoms with Gasteiger partial charge in [-0.2, -0.15) is 5.26 Å². The molecule has 0 aliphatic heterocycles.